The van der Waals surface area contributed by atoms with Crippen molar-refractivity contribution in [1.29, 1.82) is 0 Å². The van der Waals surface area contributed by atoms with Gasteiger partial charge in [0.05, 0.1) is 0 Å². The normalized spacial score (nSPS) is 23.8. The van der Waals surface area contributed by atoms with E-state index >= 15 is 0 Å². The van der Waals surface area contributed by atoms with E-state index in [1.807, 2.05) is 27.7 Å². The second-order valence-electron chi connectivity index (χ2n) is 5.85. The van der Waals surface area contributed by atoms with E-state index in [0.717, 1.165) is 25.0 Å². The number of amides is 1. The van der Waals surface area contributed by atoms with Crippen LogP contribution in [-0.2, 0) is 4.74 Å². The molecule has 0 aliphatic heterocycles. The maximum absolute atomic E-state index is 11.5. The quantitative estimate of drug-likeness (QED) is 0.741. The molecule has 1 fully saturated rings. The highest BCUT2D eigenvalue weighted by atomic mass is 16.6. The molecule has 0 aromatic carbocycles. The van der Waals surface area contributed by atoms with E-state index in [1.54, 1.807) is 0 Å². The van der Waals surface area contributed by atoms with Crippen LogP contribution in [0, 0.1) is 0 Å². The summed E-state index contributed by atoms with van der Waals surface area (Å²) in [7, 11) is 0. The lowest BCUT2D eigenvalue weighted by atomic mass is 9.87. The molecule has 1 aliphatic rings. The zero-order valence-electron chi connectivity index (χ0n) is 11.3. The van der Waals surface area contributed by atoms with Crippen LogP contribution in [0.1, 0.15) is 40.5 Å². The van der Waals surface area contributed by atoms with Crippen LogP contribution in [0.2, 0.25) is 0 Å². The molecule has 1 amide bonds. The van der Waals surface area contributed by atoms with Crippen molar-refractivity contribution >= 4 is 6.09 Å². The first-order valence-corrected chi connectivity index (χ1v) is 6.13. The van der Waals surface area contributed by atoms with Gasteiger partial charge >= 0.3 is 6.09 Å². The number of ether oxygens (including phenoxy) is 1. The van der Waals surface area contributed by atoms with Crippen molar-refractivity contribution in [3.8, 4) is 0 Å². The third kappa shape index (κ3) is 5.73. The average molecular weight is 240 g/mol. The van der Waals surface area contributed by atoms with Crippen LogP contribution in [-0.4, -0.2) is 30.3 Å². The molecule has 1 aliphatic carbocycles. The van der Waals surface area contributed by atoms with Crippen molar-refractivity contribution in [2.45, 2.75) is 58.2 Å². The molecule has 2 N–H and O–H groups in total. The summed E-state index contributed by atoms with van der Waals surface area (Å²) in [5.74, 6) is 0. The Hall–Kier alpha value is -1.03. The van der Waals surface area contributed by atoms with Gasteiger partial charge in [-0.25, -0.2) is 4.79 Å². The summed E-state index contributed by atoms with van der Waals surface area (Å²) in [6.45, 7) is 12.3. The number of carbonyl (C=O) groups is 1. The van der Waals surface area contributed by atoms with Crippen molar-refractivity contribution in [3.63, 3.8) is 0 Å². The van der Waals surface area contributed by atoms with Crippen molar-refractivity contribution < 1.29 is 9.53 Å². The van der Waals surface area contributed by atoms with E-state index in [1.165, 1.54) is 0 Å². The summed E-state index contributed by atoms with van der Waals surface area (Å²) in [6.07, 6.45) is 1.61. The Morgan fingerprint density at radius 1 is 1.35 bits per heavy atom. The monoisotopic (exact) mass is 240 g/mol. The van der Waals surface area contributed by atoms with Crippen LogP contribution in [0.3, 0.4) is 0 Å². The van der Waals surface area contributed by atoms with Gasteiger partial charge in [-0.15, -0.1) is 0 Å². The zero-order chi connectivity index (χ0) is 13.1. The Kier molecular flexibility index (Phi) is 4.57. The van der Waals surface area contributed by atoms with Gasteiger partial charge in [-0.3, -0.25) is 0 Å². The molecule has 0 radical (unpaired) electrons. The number of rotatable bonds is 4. The third-order valence-electron chi connectivity index (χ3n) is 2.55. The number of hydrogen-bond donors (Lipinski definition) is 2. The highest BCUT2D eigenvalue weighted by molar-refractivity contribution is 5.68. The second-order valence-corrected chi connectivity index (χ2v) is 5.85. The summed E-state index contributed by atoms with van der Waals surface area (Å²) >= 11 is 0. The molecular formula is C13H24N2O2. The molecule has 0 heterocycles. The number of hydrogen-bond acceptors (Lipinski definition) is 3. The smallest absolute Gasteiger partial charge is 0.407 e. The van der Waals surface area contributed by atoms with E-state index in [2.05, 4.69) is 17.2 Å². The van der Waals surface area contributed by atoms with E-state index in [-0.39, 0.29) is 12.1 Å². The van der Waals surface area contributed by atoms with Gasteiger partial charge in [0.25, 0.3) is 0 Å². The van der Waals surface area contributed by atoms with E-state index < -0.39 is 5.60 Å². The van der Waals surface area contributed by atoms with Crippen LogP contribution in [0.4, 0.5) is 4.79 Å². The number of alkyl carbamates (subject to hydrolysis) is 1. The minimum Gasteiger partial charge on any atom is -0.444 e. The SMILES string of the molecule is C=C(C)CNC1CC(NC(=O)OC(C)(C)C)C1. The van der Waals surface area contributed by atoms with Crippen molar-refractivity contribution in [3.05, 3.63) is 12.2 Å². The van der Waals surface area contributed by atoms with Crippen LogP contribution in [0.5, 0.6) is 0 Å². The molecule has 0 spiro atoms. The predicted molar refractivity (Wildman–Crippen MR) is 69.0 cm³/mol. The minimum atomic E-state index is -0.425. The Labute approximate surface area is 104 Å². The molecule has 4 nitrogen and oxygen atoms in total. The Morgan fingerprint density at radius 3 is 2.41 bits per heavy atom. The molecule has 0 unspecified atom stereocenters. The number of carbonyl (C=O) groups excluding carboxylic acids is 1. The largest absolute Gasteiger partial charge is 0.444 e. The molecule has 0 bridgehead atoms. The first kappa shape index (κ1) is 14.0. The Balaban J connectivity index is 2.13. The van der Waals surface area contributed by atoms with Crippen LogP contribution >= 0.6 is 0 Å². The molecule has 17 heavy (non-hydrogen) atoms. The van der Waals surface area contributed by atoms with Gasteiger partial charge in [-0.1, -0.05) is 12.2 Å². The fourth-order valence-electron chi connectivity index (χ4n) is 1.70. The summed E-state index contributed by atoms with van der Waals surface area (Å²) < 4.78 is 5.19. The van der Waals surface area contributed by atoms with Crippen molar-refractivity contribution in [2.24, 2.45) is 0 Å². The molecule has 0 aromatic heterocycles. The number of nitrogens with one attached hydrogen (secondary N) is 2. The third-order valence-corrected chi connectivity index (χ3v) is 2.55. The van der Waals surface area contributed by atoms with E-state index in [4.69, 9.17) is 4.74 Å². The lowest BCUT2D eigenvalue weighted by Gasteiger charge is -2.36. The molecule has 1 saturated carbocycles. The minimum absolute atomic E-state index is 0.243. The van der Waals surface area contributed by atoms with Crippen LogP contribution in [0.25, 0.3) is 0 Å². The van der Waals surface area contributed by atoms with E-state index in [0.29, 0.717) is 6.04 Å². The first-order chi connectivity index (χ1) is 7.76. The topological polar surface area (TPSA) is 50.4 Å². The van der Waals surface area contributed by atoms with Crippen molar-refractivity contribution in [2.75, 3.05) is 6.54 Å². The maximum atomic E-state index is 11.5. The lowest BCUT2D eigenvalue weighted by molar-refractivity contribution is 0.0466. The van der Waals surface area contributed by atoms with Gasteiger partial charge in [0, 0.05) is 18.6 Å². The van der Waals surface area contributed by atoms with Crippen molar-refractivity contribution in [1.82, 2.24) is 10.6 Å². The fourth-order valence-corrected chi connectivity index (χ4v) is 1.70. The second kappa shape index (κ2) is 5.54. The summed E-state index contributed by atoms with van der Waals surface area (Å²) in [5.41, 5.74) is 0.708. The molecule has 0 atom stereocenters. The van der Waals surface area contributed by atoms with E-state index in [9.17, 15) is 4.79 Å². The predicted octanol–water partition coefficient (Wildman–Crippen LogP) is 2.21. The summed E-state index contributed by atoms with van der Waals surface area (Å²) in [6, 6.07) is 0.735. The molecule has 0 aromatic rings. The Bertz CT molecular complexity index is 288. The maximum Gasteiger partial charge on any atom is 0.407 e. The Morgan fingerprint density at radius 2 is 1.94 bits per heavy atom. The van der Waals surface area contributed by atoms with Gasteiger partial charge in [-0.05, 0) is 40.5 Å². The lowest BCUT2D eigenvalue weighted by Crippen LogP contribution is -2.53. The van der Waals surface area contributed by atoms with Gasteiger partial charge in [0.1, 0.15) is 5.60 Å². The van der Waals surface area contributed by atoms with Gasteiger partial charge in [-0.2, -0.15) is 0 Å². The van der Waals surface area contributed by atoms with Gasteiger partial charge in [0.2, 0.25) is 0 Å². The molecular weight excluding hydrogens is 216 g/mol. The van der Waals surface area contributed by atoms with Gasteiger partial charge in [0.15, 0.2) is 0 Å². The summed E-state index contributed by atoms with van der Waals surface area (Å²) in [5, 5.41) is 6.25. The highest BCUT2D eigenvalue weighted by Crippen LogP contribution is 2.20. The average Bonchev–Trinajstić information content (AvgIpc) is 2.04. The van der Waals surface area contributed by atoms with Crippen LogP contribution < -0.4 is 10.6 Å². The summed E-state index contributed by atoms with van der Waals surface area (Å²) in [4.78, 5) is 11.5. The van der Waals surface area contributed by atoms with Gasteiger partial charge < -0.3 is 15.4 Å². The first-order valence-electron chi connectivity index (χ1n) is 6.13. The van der Waals surface area contributed by atoms with Crippen LogP contribution in [0.15, 0.2) is 12.2 Å². The molecule has 98 valence electrons. The molecule has 4 heteroatoms. The fraction of sp³-hybridized carbons (Fsp3) is 0.769. The molecule has 0 saturated heterocycles. The standard InChI is InChI=1S/C13H24N2O2/c1-9(2)8-14-10-6-11(7-10)15-12(16)17-13(3,4)5/h10-11,14H,1,6-8H2,2-5H3,(H,15,16). The highest BCUT2D eigenvalue weighted by Gasteiger charge is 2.31. The zero-order valence-corrected chi connectivity index (χ0v) is 11.3. The molecule has 1 rings (SSSR count).